The van der Waals surface area contributed by atoms with E-state index in [9.17, 15) is 4.79 Å². The maximum atomic E-state index is 12.2. The molecule has 2 aromatic rings. The molecule has 0 bridgehead atoms. The molecule has 1 aliphatic heterocycles. The van der Waals surface area contributed by atoms with Crippen molar-refractivity contribution in [1.29, 1.82) is 0 Å². The van der Waals surface area contributed by atoms with Gasteiger partial charge in [-0.2, -0.15) is 0 Å². The highest BCUT2D eigenvalue weighted by Crippen LogP contribution is 2.32. The molecule has 3 nitrogen and oxygen atoms in total. The average molecular weight is 328 g/mol. The molecule has 2 aliphatic rings. The Morgan fingerprint density at radius 3 is 2.91 bits per heavy atom. The second-order valence-corrected chi connectivity index (χ2v) is 7.98. The number of carbonyl (C=O) groups is 1. The largest absolute Gasteiger partial charge is 0.342 e. The molecule has 1 saturated heterocycles. The van der Waals surface area contributed by atoms with Crippen LogP contribution in [-0.2, 0) is 11.3 Å². The zero-order valence-corrected chi connectivity index (χ0v) is 14.4. The molecule has 1 aliphatic carbocycles. The van der Waals surface area contributed by atoms with Gasteiger partial charge in [0.15, 0.2) is 0 Å². The maximum absolute atomic E-state index is 12.2. The summed E-state index contributed by atoms with van der Waals surface area (Å²) in [6, 6.07) is 9.13. The molecule has 1 amide bonds. The smallest absolute Gasteiger partial charge is 0.225 e. The Bertz CT molecular complexity index is 706. The molecule has 2 unspecified atom stereocenters. The molecule has 0 spiro atoms. The topological polar surface area (TPSA) is 32.3 Å². The second kappa shape index (κ2) is 6.25. The van der Waals surface area contributed by atoms with Crippen molar-refractivity contribution in [3.05, 3.63) is 35.2 Å². The highest BCUT2D eigenvalue weighted by Gasteiger charge is 2.36. The Morgan fingerprint density at radius 1 is 1.30 bits per heavy atom. The molecule has 2 fully saturated rings. The Morgan fingerprint density at radius 2 is 2.13 bits per heavy atom. The van der Waals surface area contributed by atoms with Gasteiger partial charge in [-0.15, -0.1) is 11.3 Å². The third kappa shape index (κ3) is 3.15. The van der Waals surface area contributed by atoms with Gasteiger partial charge in [-0.1, -0.05) is 25.1 Å². The first-order chi connectivity index (χ1) is 11.2. The normalized spacial score (nSPS) is 25.0. The molecule has 23 heavy (non-hydrogen) atoms. The summed E-state index contributed by atoms with van der Waals surface area (Å²) >= 11 is 1.82. The Kier molecular flexibility index (Phi) is 4.12. The summed E-state index contributed by atoms with van der Waals surface area (Å²) in [5.41, 5.74) is 1.40. The maximum Gasteiger partial charge on any atom is 0.225 e. The van der Waals surface area contributed by atoms with Crippen molar-refractivity contribution in [2.24, 2.45) is 11.8 Å². The molecule has 4 heteroatoms. The minimum absolute atomic E-state index is 0.351. The number of benzene rings is 1. The third-order valence-electron chi connectivity index (χ3n) is 5.26. The van der Waals surface area contributed by atoms with Crippen molar-refractivity contribution >= 4 is 27.3 Å². The molecular weight excluding hydrogens is 304 g/mol. The molecule has 0 radical (unpaired) electrons. The zero-order chi connectivity index (χ0) is 15.8. The van der Waals surface area contributed by atoms with E-state index >= 15 is 0 Å². The number of nitrogens with one attached hydrogen (secondary N) is 1. The van der Waals surface area contributed by atoms with Crippen LogP contribution >= 0.6 is 11.3 Å². The van der Waals surface area contributed by atoms with Crippen molar-refractivity contribution in [2.45, 2.75) is 38.8 Å². The van der Waals surface area contributed by atoms with E-state index in [4.69, 9.17) is 0 Å². The number of hydrogen-bond donors (Lipinski definition) is 1. The van der Waals surface area contributed by atoms with E-state index < -0.39 is 0 Å². The monoisotopic (exact) mass is 328 g/mol. The lowest BCUT2D eigenvalue weighted by molar-refractivity contribution is -0.134. The number of nitrogens with zero attached hydrogens (tertiary/aromatic N) is 1. The van der Waals surface area contributed by atoms with Crippen LogP contribution in [0.3, 0.4) is 0 Å². The molecule has 122 valence electrons. The first-order valence-corrected chi connectivity index (χ1v) is 9.57. The first-order valence-electron chi connectivity index (χ1n) is 8.69. The summed E-state index contributed by atoms with van der Waals surface area (Å²) in [6.45, 7) is 5.03. The lowest BCUT2D eigenvalue weighted by Crippen LogP contribution is -2.50. The first kappa shape index (κ1) is 15.2. The molecule has 1 N–H and O–H groups in total. The van der Waals surface area contributed by atoms with Crippen LogP contribution < -0.4 is 5.32 Å². The summed E-state index contributed by atoms with van der Waals surface area (Å²) in [6.07, 6.45) is 3.29. The Balaban J connectivity index is 1.35. The van der Waals surface area contributed by atoms with Crippen molar-refractivity contribution < 1.29 is 4.79 Å². The Labute approximate surface area is 141 Å². The van der Waals surface area contributed by atoms with Gasteiger partial charge in [0.2, 0.25) is 5.91 Å². The van der Waals surface area contributed by atoms with Crippen LogP contribution in [0.1, 0.15) is 31.7 Å². The Hall–Kier alpha value is -1.39. The van der Waals surface area contributed by atoms with Gasteiger partial charge >= 0.3 is 0 Å². The summed E-state index contributed by atoms with van der Waals surface area (Å²) in [4.78, 5) is 14.3. The number of carbonyl (C=O) groups excluding carboxylic acids is 1. The lowest BCUT2D eigenvalue weighted by Gasteiger charge is -2.37. The van der Waals surface area contributed by atoms with Crippen LogP contribution in [0.25, 0.3) is 10.1 Å². The molecule has 1 aromatic carbocycles. The van der Waals surface area contributed by atoms with Gasteiger partial charge in [0.1, 0.15) is 0 Å². The summed E-state index contributed by atoms with van der Waals surface area (Å²) in [5.74, 6) is 1.28. The van der Waals surface area contributed by atoms with Gasteiger partial charge in [-0.05, 0) is 47.6 Å². The summed E-state index contributed by atoms with van der Waals surface area (Å²) in [5, 5.41) is 7.38. The molecule has 1 saturated carbocycles. The molecule has 1 aromatic heterocycles. The standard InChI is InChI=1S/C19H24N2OS/c1-13-11-21(19(22)14-6-7-14)9-8-17(13)20-10-15-12-23-18-5-3-2-4-16(15)18/h2-5,12-14,17,20H,6-11H2,1H3. The van der Waals surface area contributed by atoms with Gasteiger partial charge in [0, 0.05) is 36.3 Å². The van der Waals surface area contributed by atoms with Gasteiger partial charge < -0.3 is 10.2 Å². The lowest BCUT2D eigenvalue weighted by atomic mass is 9.93. The third-order valence-corrected chi connectivity index (χ3v) is 6.27. The molecule has 4 rings (SSSR count). The summed E-state index contributed by atoms with van der Waals surface area (Å²) < 4.78 is 1.36. The van der Waals surface area contributed by atoms with Crippen LogP contribution in [0, 0.1) is 11.8 Å². The van der Waals surface area contributed by atoms with Gasteiger partial charge in [-0.25, -0.2) is 0 Å². The van der Waals surface area contributed by atoms with Crippen LogP contribution in [0.15, 0.2) is 29.6 Å². The molecule has 2 atom stereocenters. The molecular formula is C19H24N2OS. The fraction of sp³-hybridized carbons (Fsp3) is 0.526. The number of amides is 1. The van der Waals surface area contributed by atoms with E-state index in [1.165, 1.54) is 15.6 Å². The van der Waals surface area contributed by atoms with Crippen molar-refractivity contribution in [2.75, 3.05) is 13.1 Å². The van der Waals surface area contributed by atoms with Gasteiger partial charge in [-0.3, -0.25) is 4.79 Å². The van der Waals surface area contributed by atoms with Crippen LogP contribution in [0.2, 0.25) is 0 Å². The van der Waals surface area contributed by atoms with Crippen molar-refractivity contribution in [1.82, 2.24) is 10.2 Å². The second-order valence-electron chi connectivity index (χ2n) is 7.07. The number of fused-ring (bicyclic) bond motifs is 1. The average Bonchev–Trinajstić information content (AvgIpc) is 3.34. The van der Waals surface area contributed by atoms with Gasteiger partial charge in [0.05, 0.1) is 0 Å². The van der Waals surface area contributed by atoms with Crippen molar-refractivity contribution in [3.8, 4) is 0 Å². The fourth-order valence-corrected chi connectivity index (χ4v) is 4.61. The quantitative estimate of drug-likeness (QED) is 0.929. The van der Waals surface area contributed by atoms with E-state index in [2.05, 4.69) is 46.8 Å². The predicted octanol–water partition coefficient (Wildman–Crippen LogP) is 3.64. The minimum Gasteiger partial charge on any atom is -0.342 e. The van der Waals surface area contributed by atoms with Crippen LogP contribution in [-0.4, -0.2) is 29.9 Å². The van der Waals surface area contributed by atoms with Crippen LogP contribution in [0.5, 0.6) is 0 Å². The predicted molar refractivity (Wildman–Crippen MR) is 95.5 cm³/mol. The fourth-order valence-electron chi connectivity index (χ4n) is 3.65. The van der Waals surface area contributed by atoms with E-state index in [1.807, 2.05) is 11.3 Å². The number of likely N-dealkylation sites (tertiary alicyclic amines) is 1. The van der Waals surface area contributed by atoms with Gasteiger partial charge in [0.25, 0.3) is 0 Å². The van der Waals surface area contributed by atoms with E-state index in [-0.39, 0.29) is 0 Å². The number of piperidine rings is 1. The molecule has 2 heterocycles. The van der Waals surface area contributed by atoms with E-state index in [0.29, 0.717) is 23.8 Å². The summed E-state index contributed by atoms with van der Waals surface area (Å²) in [7, 11) is 0. The van der Waals surface area contributed by atoms with E-state index in [1.54, 1.807) is 0 Å². The highest BCUT2D eigenvalue weighted by atomic mass is 32.1. The van der Waals surface area contributed by atoms with Crippen LogP contribution in [0.4, 0.5) is 0 Å². The van der Waals surface area contributed by atoms with E-state index in [0.717, 1.165) is 38.9 Å². The number of thiophene rings is 1. The highest BCUT2D eigenvalue weighted by molar-refractivity contribution is 7.17. The minimum atomic E-state index is 0.351. The van der Waals surface area contributed by atoms with Crippen molar-refractivity contribution in [3.63, 3.8) is 0 Å². The SMILES string of the molecule is CC1CN(C(=O)C2CC2)CCC1NCc1csc2ccccc12. The zero-order valence-electron chi connectivity index (χ0n) is 13.6. The number of rotatable bonds is 4. The number of hydrogen-bond acceptors (Lipinski definition) is 3.